The SMILES string of the molecule is C=CCOC(=O)N1CCC(CCN)CC1. The Morgan fingerprint density at radius 3 is 2.73 bits per heavy atom. The summed E-state index contributed by atoms with van der Waals surface area (Å²) in [6.45, 7) is 6.12. The second-order valence-electron chi connectivity index (χ2n) is 3.87. The normalized spacial score (nSPS) is 17.5. The Bertz CT molecular complexity index is 211. The summed E-state index contributed by atoms with van der Waals surface area (Å²) in [5.41, 5.74) is 5.50. The minimum atomic E-state index is -0.221. The smallest absolute Gasteiger partial charge is 0.410 e. The van der Waals surface area contributed by atoms with Crippen LogP contribution in [0.1, 0.15) is 19.3 Å². The molecule has 4 nitrogen and oxygen atoms in total. The largest absolute Gasteiger partial charge is 0.445 e. The lowest BCUT2D eigenvalue weighted by molar-refractivity contribution is 0.0956. The van der Waals surface area contributed by atoms with Crippen molar-refractivity contribution < 1.29 is 9.53 Å². The van der Waals surface area contributed by atoms with Crippen molar-refractivity contribution in [2.24, 2.45) is 11.7 Å². The molecule has 0 saturated carbocycles. The lowest BCUT2D eigenvalue weighted by atomic mass is 9.94. The predicted molar refractivity (Wildman–Crippen MR) is 59.5 cm³/mol. The van der Waals surface area contributed by atoms with E-state index in [-0.39, 0.29) is 6.09 Å². The quantitative estimate of drug-likeness (QED) is 0.716. The molecule has 4 heteroatoms. The molecule has 1 aliphatic rings. The monoisotopic (exact) mass is 212 g/mol. The molecule has 0 bridgehead atoms. The van der Waals surface area contributed by atoms with E-state index in [9.17, 15) is 4.79 Å². The van der Waals surface area contributed by atoms with E-state index in [1.165, 1.54) is 0 Å². The van der Waals surface area contributed by atoms with Gasteiger partial charge >= 0.3 is 6.09 Å². The van der Waals surface area contributed by atoms with Gasteiger partial charge in [0.1, 0.15) is 6.61 Å². The van der Waals surface area contributed by atoms with Gasteiger partial charge in [0.25, 0.3) is 0 Å². The number of ether oxygens (including phenoxy) is 1. The van der Waals surface area contributed by atoms with Gasteiger partial charge in [0.2, 0.25) is 0 Å². The van der Waals surface area contributed by atoms with Gasteiger partial charge < -0.3 is 15.4 Å². The van der Waals surface area contributed by atoms with Gasteiger partial charge in [0.15, 0.2) is 0 Å². The maximum atomic E-state index is 11.5. The first-order valence-electron chi connectivity index (χ1n) is 5.50. The van der Waals surface area contributed by atoms with Crippen LogP contribution in [-0.4, -0.2) is 37.2 Å². The number of likely N-dealkylation sites (tertiary alicyclic amines) is 1. The summed E-state index contributed by atoms with van der Waals surface area (Å²) in [5.74, 6) is 0.679. The second kappa shape index (κ2) is 6.45. The molecule has 0 atom stereocenters. The molecule has 1 rings (SSSR count). The average Bonchev–Trinajstić information content (AvgIpc) is 2.27. The van der Waals surface area contributed by atoms with E-state index >= 15 is 0 Å². The molecule has 0 aromatic rings. The maximum Gasteiger partial charge on any atom is 0.410 e. The van der Waals surface area contributed by atoms with Crippen LogP contribution in [0.4, 0.5) is 4.79 Å². The lowest BCUT2D eigenvalue weighted by Gasteiger charge is -2.30. The highest BCUT2D eigenvalue weighted by atomic mass is 16.6. The lowest BCUT2D eigenvalue weighted by Crippen LogP contribution is -2.39. The standard InChI is InChI=1S/C11H20N2O2/c1-2-9-15-11(14)13-7-4-10(3-6-12)5-8-13/h2,10H,1,3-9,12H2. The van der Waals surface area contributed by atoms with E-state index in [0.717, 1.165) is 38.9 Å². The Labute approximate surface area is 91.1 Å². The first kappa shape index (κ1) is 12.0. The molecule has 86 valence electrons. The van der Waals surface area contributed by atoms with Gasteiger partial charge in [-0.1, -0.05) is 12.7 Å². The van der Waals surface area contributed by atoms with Crippen molar-refractivity contribution >= 4 is 6.09 Å². The molecule has 1 fully saturated rings. The third-order valence-electron chi connectivity index (χ3n) is 2.77. The molecule has 0 radical (unpaired) electrons. The molecule has 2 N–H and O–H groups in total. The number of nitrogens with zero attached hydrogens (tertiary/aromatic N) is 1. The summed E-state index contributed by atoms with van der Waals surface area (Å²) in [7, 11) is 0. The zero-order valence-corrected chi connectivity index (χ0v) is 9.15. The van der Waals surface area contributed by atoms with Gasteiger partial charge in [-0.15, -0.1) is 0 Å². The summed E-state index contributed by atoms with van der Waals surface area (Å²) in [6.07, 6.45) is 4.51. The van der Waals surface area contributed by atoms with Crippen LogP contribution < -0.4 is 5.73 Å². The fourth-order valence-electron chi connectivity index (χ4n) is 1.86. The number of piperidine rings is 1. The van der Waals surface area contributed by atoms with Crippen LogP contribution in [0.5, 0.6) is 0 Å². The van der Waals surface area contributed by atoms with Crippen LogP contribution in [-0.2, 0) is 4.74 Å². The Morgan fingerprint density at radius 2 is 2.20 bits per heavy atom. The first-order chi connectivity index (χ1) is 7.27. The van der Waals surface area contributed by atoms with Crippen LogP contribution in [0.2, 0.25) is 0 Å². The zero-order valence-electron chi connectivity index (χ0n) is 9.15. The number of carbonyl (C=O) groups excluding carboxylic acids is 1. The van der Waals surface area contributed by atoms with E-state index in [2.05, 4.69) is 6.58 Å². The second-order valence-corrected chi connectivity index (χ2v) is 3.87. The molecular formula is C11H20N2O2. The fourth-order valence-corrected chi connectivity index (χ4v) is 1.86. The molecule has 0 aliphatic carbocycles. The topological polar surface area (TPSA) is 55.6 Å². The van der Waals surface area contributed by atoms with Gasteiger partial charge in [0, 0.05) is 13.1 Å². The van der Waals surface area contributed by atoms with Crippen LogP contribution in [0.25, 0.3) is 0 Å². The van der Waals surface area contributed by atoms with E-state index < -0.39 is 0 Å². The van der Waals surface area contributed by atoms with Crippen molar-refractivity contribution in [3.63, 3.8) is 0 Å². The van der Waals surface area contributed by atoms with Crippen LogP contribution in [0.15, 0.2) is 12.7 Å². The van der Waals surface area contributed by atoms with Crippen molar-refractivity contribution in [1.82, 2.24) is 4.90 Å². The summed E-state index contributed by atoms with van der Waals surface area (Å²) < 4.78 is 4.97. The molecular weight excluding hydrogens is 192 g/mol. The molecule has 1 heterocycles. The molecule has 0 spiro atoms. The number of hydrogen-bond acceptors (Lipinski definition) is 3. The van der Waals surface area contributed by atoms with Gasteiger partial charge in [-0.25, -0.2) is 4.79 Å². The van der Waals surface area contributed by atoms with Crippen LogP contribution in [0, 0.1) is 5.92 Å². The zero-order chi connectivity index (χ0) is 11.1. The highest BCUT2D eigenvalue weighted by molar-refractivity contribution is 5.67. The first-order valence-corrected chi connectivity index (χ1v) is 5.50. The number of rotatable bonds is 4. The van der Waals surface area contributed by atoms with Crippen LogP contribution in [0.3, 0.4) is 0 Å². The number of carbonyl (C=O) groups is 1. The maximum absolute atomic E-state index is 11.5. The summed E-state index contributed by atoms with van der Waals surface area (Å²) in [5, 5.41) is 0. The predicted octanol–water partition coefficient (Wildman–Crippen LogP) is 1.37. The van der Waals surface area contributed by atoms with Gasteiger partial charge in [-0.05, 0) is 31.7 Å². The Kier molecular flexibility index (Phi) is 5.18. The third-order valence-corrected chi connectivity index (χ3v) is 2.77. The fraction of sp³-hybridized carbons (Fsp3) is 0.727. The van der Waals surface area contributed by atoms with Crippen molar-refractivity contribution in [2.45, 2.75) is 19.3 Å². The molecule has 1 saturated heterocycles. The molecule has 0 unspecified atom stereocenters. The Morgan fingerprint density at radius 1 is 1.53 bits per heavy atom. The highest BCUT2D eigenvalue weighted by Crippen LogP contribution is 2.20. The Balaban J connectivity index is 2.24. The summed E-state index contributed by atoms with van der Waals surface area (Å²) >= 11 is 0. The summed E-state index contributed by atoms with van der Waals surface area (Å²) in [4.78, 5) is 13.2. The van der Waals surface area contributed by atoms with E-state index in [0.29, 0.717) is 12.5 Å². The molecule has 1 aliphatic heterocycles. The third kappa shape index (κ3) is 3.91. The van der Waals surface area contributed by atoms with E-state index in [1.54, 1.807) is 11.0 Å². The van der Waals surface area contributed by atoms with Gasteiger partial charge in [0.05, 0.1) is 0 Å². The molecule has 0 aromatic heterocycles. The number of hydrogen-bond donors (Lipinski definition) is 1. The van der Waals surface area contributed by atoms with Crippen molar-refractivity contribution in [2.75, 3.05) is 26.2 Å². The minimum absolute atomic E-state index is 0.221. The molecule has 0 aromatic carbocycles. The van der Waals surface area contributed by atoms with E-state index in [4.69, 9.17) is 10.5 Å². The average molecular weight is 212 g/mol. The molecule has 1 amide bonds. The van der Waals surface area contributed by atoms with Gasteiger partial charge in [-0.2, -0.15) is 0 Å². The number of amides is 1. The van der Waals surface area contributed by atoms with Crippen LogP contribution >= 0.6 is 0 Å². The van der Waals surface area contributed by atoms with Crippen molar-refractivity contribution in [3.05, 3.63) is 12.7 Å². The summed E-state index contributed by atoms with van der Waals surface area (Å²) in [6, 6.07) is 0. The Hall–Kier alpha value is -1.03. The van der Waals surface area contributed by atoms with E-state index in [1.807, 2.05) is 0 Å². The number of nitrogens with two attached hydrogens (primary N) is 1. The molecule has 15 heavy (non-hydrogen) atoms. The minimum Gasteiger partial charge on any atom is -0.445 e. The van der Waals surface area contributed by atoms with Crippen molar-refractivity contribution in [1.29, 1.82) is 0 Å². The van der Waals surface area contributed by atoms with Gasteiger partial charge in [-0.3, -0.25) is 0 Å². The highest BCUT2D eigenvalue weighted by Gasteiger charge is 2.22. The van der Waals surface area contributed by atoms with Crippen molar-refractivity contribution in [3.8, 4) is 0 Å².